The molecular weight excluding hydrogens is 191 g/mol. The standard InChI is InChI=1S/C12H15FN2/c13-10-5-7(1-3-11(10)14)9-6-8-2-4-12(9)15-8/h1,3,5,8-9,12,15H,2,4,6,14H2/t8?,9-,12?/m1/s1. The zero-order valence-corrected chi connectivity index (χ0v) is 8.54. The molecule has 1 aromatic rings. The molecular formula is C12H15FN2. The third-order valence-electron chi connectivity index (χ3n) is 3.75. The fourth-order valence-electron chi connectivity index (χ4n) is 2.97. The zero-order chi connectivity index (χ0) is 10.4. The summed E-state index contributed by atoms with van der Waals surface area (Å²) in [4.78, 5) is 0. The van der Waals surface area contributed by atoms with Crippen molar-refractivity contribution in [2.45, 2.75) is 37.3 Å². The molecule has 2 unspecified atom stereocenters. The van der Waals surface area contributed by atoms with E-state index in [2.05, 4.69) is 5.32 Å². The van der Waals surface area contributed by atoms with Gasteiger partial charge in [0.15, 0.2) is 0 Å². The van der Waals surface area contributed by atoms with Crippen LogP contribution in [0.1, 0.15) is 30.7 Å². The summed E-state index contributed by atoms with van der Waals surface area (Å²) in [5.74, 6) is 0.203. The number of halogens is 1. The Morgan fingerprint density at radius 1 is 1.33 bits per heavy atom. The average Bonchev–Trinajstić information content (AvgIpc) is 2.83. The van der Waals surface area contributed by atoms with Crippen LogP contribution in [0.25, 0.3) is 0 Å². The molecule has 2 fully saturated rings. The molecule has 0 aliphatic carbocycles. The first-order valence-electron chi connectivity index (χ1n) is 5.55. The van der Waals surface area contributed by atoms with Crippen molar-refractivity contribution in [3.63, 3.8) is 0 Å². The molecule has 3 atom stereocenters. The molecule has 80 valence electrons. The molecule has 0 radical (unpaired) electrons. The second kappa shape index (κ2) is 3.20. The van der Waals surface area contributed by atoms with Gasteiger partial charge in [-0.25, -0.2) is 4.39 Å². The Morgan fingerprint density at radius 3 is 2.80 bits per heavy atom. The minimum Gasteiger partial charge on any atom is -0.396 e. The number of hydrogen-bond donors (Lipinski definition) is 2. The Bertz CT molecular complexity index is 391. The van der Waals surface area contributed by atoms with E-state index in [-0.39, 0.29) is 11.5 Å². The average molecular weight is 206 g/mol. The van der Waals surface area contributed by atoms with E-state index in [0.29, 0.717) is 18.0 Å². The predicted molar refractivity (Wildman–Crippen MR) is 58.1 cm³/mol. The SMILES string of the molecule is Nc1ccc([C@H]2CC3CCC2N3)cc1F. The topological polar surface area (TPSA) is 38.0 Å². The number of nitrogen functional groups attached to an aromatic ring is 1. The molecule has 15 heavy (non-hydrogen) atoms. The van der Waals surface area contributed by atoms with E-state index in [0.717, 1.165) is 12.0 Å². The van der Waals surface area contributed by atoms with Gasteiger partial charge in [0.25, 0.3) is 0 Å². The van der Waals surface area contributed by atoms with Crippen LogP contribution >= 0.6 is 0 Å². The van der Waals surface area contributed by atoms with Crippen LogP contribution in [0.5, 0.6) is 0 Å². The number of nitrogens with two attached hydrogens (primary N) is 1. The van der Waals surface area contributed by atoms with E-state index in [4.69, 9.17) is 5.73 Å². The molecule has 3 rings (SSSR count). The third kappa shape index (κ3) is 1.42. The second-order valence-electron chi connectivity index (χ2n) is 4.67. The number of anilines is 1. The van der Waals surface area contributed by atoms with Crippen LogP contribution < -0.4 is 11.1 Å². The van der Waals surface area contributed by atoms with Crippen LogP contribution in [0.15, 0.2) is 18.2 Å². The van der Waals surface area contributed by atoms with Crippen LogP contribution in [-0.2, 0) is 0 Å². The maximum Gasteiger partial charge on any atom is 0.146 e. The third-order valence-corrected chi connectivity index (χ3v) is 3.75. The highest BCUT2D eigenvalue weighted by Crippen LogP contribution is 2.40. The summed E-state index contributed by atoms with van der Waals surface area (Å²) in [6, 6.07) is 6.45. The number of nitrogens with one attached hydrogen (secondary N) is 1. The first-order chi connectivity index (χ1) is 7.24. The van der Waals surface area contributed by atoms with Crippen molar-refractivity contribution >= 4 is 5.69 Å². The van der Waals surface area contributed by atoms with Gasteiger partial charge in [0, 0.05) is 18.0 Å². The lowest BCUT2D eigenvalue weighted by atomic mass is 9.84. The van der Waals surface area contributed by atoms with Crippen molar-refractivity contribution in [3.05, 3.63) is 29.6 Å². The molecule has 2 nitrogen and oxygen atoms in total. The summed E-state index contributed by atoms with van der Waals surface area (Å²) in [6.45, 7) is 0. The summed E-state index contributed by atoms with van der Waals surface area (Å²) in [7, 11) is 0. The largest absolute Gasteiger partial charge is 0.396 e. The van der Waals surface area contributed by atoms with E-state index >= 15 is 0 Å². The quantitative estimate of drug-likeness (QED) is 0.690. The zero-order valence-electron chi connectivity index (χ0n) is 8.54. The molecule has 2 bridgehead atoms. The minimum absolute atomic E-state index is 0.245. The van der Waals surface area contributed by atoms with Gasteiger partial charge in [-0.05, 0) is 37.0 Å². The lowest BCUT2D eigenvalue weighted by molar-refractivity contribution is 0.503. The first-order valence-corrected chi connectivity index (χ1v) is 5.55. The van der Waals surface area contributed by atoms with E-state index in [9.17, 15) is 4.39 Å². The molecule has 0 aromatic heterocycles. The van der Waals surface area contributed by atoms with Gasteiger partial charge in [0.1, 0.15) is 5.82 Å². The summed E-state index contributed by atoms with van der Waals surface area (Å²) in [5, 5.41) is 3.56. The highest BCUT2D eigenvalue weighted by atomic mass is 19.1. The Morgan fingerprint density at radius 2 is 2.20 bits per heavy atom. The fourth-order valence-corrected chi connectivity index (χ4v) is 2.97. The number of fused-ring (bicyclic) bond motifs is 2. The highest BCUT2D eigenvalue weighted by molar-refractivity contribution is 5.43. The molecule has 0 spiro atoms. The summed E-state index contributed by atoms with van der Waals surface area (Å²) in [5.41, 5.74) is 6.82. The normalized spacial score (nSPS) is 33.5. The Labute approximate surface area is 88.7 Å². The molecule has 0 saturated carbocycles. The number of rotatable bonds is 1. The fraction of sp³-hybridized carbons (Fsp3) is 0.500. The van der Waals surface area contributed by atoms with Gasteiger partial charge in [-0.2, -0.15) is 0 Å². The summed E-state index contributed by atoms with van der Waals surface area (Å²) >= 11 is 0. The summed E-state index contributed by atoms with van der Waals surface area (Å²) < 4.78 is 13.3. The van der Waals surface area contributed by atoms with Gasteiger partial charge < -0.3 is 11.1 Å². The molecule has 2 aliphatic heterocycles. The molecule has 3 heteroatoms. The van der Waals surface area contributed by atoms with Crippen molar-refractivity contribution in [2.24, 2.45) is 0 Å². The molecule has 3 N–H and O–H groups in total. The van der Waals surface area contributed by atoms with Crippen LogP contribution in [0.3, 0.4) is 0 Å². The van der Waals surface area contributed by atoms with Crippen molar-refractivity contribution in [1.82, 2.24) is 5.32 Å². The number of hydrogen-bond acceptors (Lipinski definition) is 2. The van der Waals surface area contributed by atoms with Gasteiger partial charge in [0.05, 0.1) is 5.69 Å². The maximum atomic E-state index is 13.3. The van der Waals surface area contributed by atoms with Gasteiger partial charge in [-0.15, -0.1) is 0 Å². The van der Waals surface area contributed by atoms with Crippen LogP contribution in [0.4, 0.5) is 10.1 Å². The molecule has 2 heterocycles. The lowest BCUT2D eigenvalue weighted by Crippen LogP contribution is -2.21. The lowest BCUT2D eigenvalue weighted by Gasteiger charge is -2.20. The smallest absolute Gasteiger partial charge is 0.146 e. The van der Waals surface area contributed by atoms with E-state index in [1.54, 1.807) is 12.1 Å². The number of benzene rings is 1. The van der Waals surface area contributed by atoms with Gasteiger partial charge >= 0.3 is 0 Å². The van der Waals surface area contributed by atoms with Gasteiger partial charge in [-0.1, -0.05) is 6.07 Å². The van der Waals surface area contributed by atoms with Crippen molar-refractivity contribution in [1.29, 1.82) is 0 Å². The Kier molecular flexibility index (Phi) is 1.96. The molecule has 1 aromatic carbocycles. The maximum absolute atomic E-state index is 13.3. The molecule has 2 aliphatic rings. The van der Waals surface area contributed by atoms with Crippen molar-refractivity contribution in [2.75, 3.05) is 5.73 Å². The predicted octanol–water partition coefficient (Wildman–Crippen LogP) is 2.02. The minimum atomic E-state index is -0.282. The van der Waals surface area contributed by atoms with E-state index < -0.39 is 0 Å². The van der Waals surface area contributed by atoms with Crippen LogP contribution in [-0.4, -0.2) is 12.1 Å². The Hall–Kier alpha value is -1.09. The molecule has 0 amide bonds. The van der Waals surface area contributed by atoms with Crippen LogP contribution in [0, 0.1) is 5.82 Å². The van der Waals surface area contributed by atoms with Gasteiger partial charge in [-0.3, -0.25) is 0 Å². The highest BCUT2D eigenvalue weighted by Gasteiger charge is 2.39. The van der Waals surface area contributed by atoms with E-state index in [1.807, 2.05) is 6.07 Å². The first kappa shape index (κ1) is 9.16. The van der Waals surface area contributed by atoms with Crippen molar-refractivity contribution < 1.29 is 4.39 Å². The summed E-state index contributed by atoms with van der Waals surface area (Å²) in [6.07, 6.45) is 3.65. The van der Waals surface area contributed by atoms with Gasteiger partial charge in [0.2, 0.25) is 0 Å². The monoisotopic (exact) mass is 206 g/mol. The molecule has 2 saturated heterocycles. The van der Waals surface area contributed by atoms with Crippen molar-refractivity contribution in [3.8, 4) is 0 Å². The second-order valence-corrected chi connectivity index (χ2v) is 4.67. The Balaban J connectivity index is 1.90. The van der Waals surface area contributed by atoms with E-state index in [1.165, 1.54) is 12.8 Å². The van der Waals surface area contributed by atoms with Crippen LogP contribution in [0.2, 0.25) is 0 Å².